The second-order valence-electron chi connectivity index (χ2n) is 4.51. The molecule has 4 heteroatoms. The van der Waals surface area contributed by atoms with E-state index in [2.05, 4.69) is 0 Å². The van der Waals surface area contributed by atoms with Crippen LogP contribution in [0.3, 0.4) is 0 Å². The zero-order valence-electron chi connectivity index (χ0n) is 10.3. The van der Waals surface area contributed by atoms with Gasteiger partial charge in [0.05, 0.1) is 0 Å². The van der Waals surface area contributed by atoms with Gasteiger partial charge in [0, 0.05) is 10.8 Å². The van der Waals surface area contributed by atoms with Crippen LogP contribution in [0.4, 0.5) is 0 Å². The molecule has 0 unspecified atom stereocenters. The fraction of sp³-hybridized carbons (Fsp3) is 0. The van der Waals surface area contributed by atoms with Gasteiger partial charge in [0.25, 0.3) is 0 Å². The first kappa shape index (κ1) is 11.8. The molecule has 4 aromatic rings. The van der Waals surface area contributed by atoms with Gasteiger partial charge in [0.1, 0.15) is 22.7 Å². The van der Waals surface area contributed by atoms with E-state index in [-0.39, 0.29) is 0 Å². The summed E-state index contributed by atoms with van der Waals surface area (Å²) in [4.78, 5) is 1.29. The third-order valence-electron chi connectivity index (χ3n) is 3.31. The van der Waals surface area contributed by atoms with Gasteiger partial charge in [0.15, 0.2) is 0 Å². The summed E-state index contributed by atoms with van der Waals surface area (Å²) in [5, 5.41) is 1.82. The maximum absolute atomic E-state index is 5.83. The molecule has 0 bridgehead atoms. The average Bonchev–Trinajstić information content (AvgIpc) is 2.98. The molecule has 20 heavy (non-hydrogen) atoms. The third kappa shape index (κ3) is 1.55. The van der Waals surface area contributed by atoms with Gasteiger partial charge in [-0.3, -0.25) is 0 Å². The molecule has 0 radical (unpaired) electrons. The van der Waals surface area contributed by atoms with Crippen molar-refractivity contribution in [3.8, 4) is 11.5 Å². The summed E-state index contributed by atoms with van der Waals surface area (Å²) in [6, 6.07) is 15.4. The van der Waals surface area contributed by atoms with Crippen LogP contribution in [0.25, 0.3) is 33.5 Å². The molecular formula is C16H8O2S2-2. The van der Waals surface area contributed by atoms with E-state index in [9.17, 15) is 0 Å². The Labute approximate surface area is 126 Å². The summed E-state index contributed by atoms with van der Waals surface area (Å²) in [7, 11) is 0. The Bertz CT molecular complexity index is 856. The van der Waals surface area contributed by atoms with Gasteiger partial charge in [-0.15, -0.1) is 9.79 Å². The Morgan fingerprint density at radius 2 is 1.00 bits per heavy atom. The van der Waals surface area contributed by atoms with Crippen LogP contribution in [-0.4, -0.2) is 0 Å². The Balaban J connectivity index is 2.06. The van der Waals surface area contributed by atoms with E-state index in [0.717, 1.165) is 21.9 Å². The minimum atomic E-state index is 0.544. The van der Waals surface area contributed by atoms with Crippen LogP contribution < -0.4 is 0 Å². The molecule has 0 atom stereocenters. The number of rotatable bonds is 1. The lowest BCUT2D eigenvalue weighted by molar-refractivity contribution is 0.558. The lowest BCUT2D eigenvalue weighted by Crippen LogP contribution is -1.76. The van der Waals surface area contributed by atoms with Crippen molar-refractivity contribution >= 4 is 47.2 Å². The quantitative estimate of drug-likeness (QED) is 0.477. The van der Waals surface area contributed by atoms with Gasteiger partial charge in [-0.05, 0) is 12.1 Å². The average molecular weight is 296 g/mol. The number of hydrogen-bond donors (Lipinski definition) is 0. The lowest BCUT2D eigenvalue weighted by atomic mass is 10.2. The molecule has 0 aliphatic heterocycles. The first-order valence-electron chi connectivity index (χ1n) is 6.13. The summed E-state index contributed by atoms with van der Waals surface area (Å²) >= 11 is 10.9. The predicted molar refractivity (Wildman–Crippen MR) is 82.7 cm³/mol. The highest BCUT2D eigenvalue weighted by molar-refractivity contribution is 7.59. The topological polar surface area (TPSA) is 26.3 Å². The summed E-state index contributed by atoms with van der Waals surface area (Å²) in [5.41, 5.74) is 1.50. The van der Waals surface area contributed by atoms with Crippen LogP contribution >= 0.6 is 0 Å². The first-order valence-corrected chi connectivity index (χ1v) is 6.95. The molecule has 2 heterocycles. The molecule has 0 saturated carbocycles. The SMILES string of the molecule is [S-]c1c(-c2oc3ccccc3c2[S-])oc2ccccc12. The molecular weight excluding hydrogens is 288 g/mol. The normalized spacial score (nSPS) is 11.4. The van der Waals surface area contributed by atoms with E-state index in [1.165, 1.54) is 0 Å². The van der Waals surface area contributed by atoms with E-state index in [4.69, 9.17) is 34.1 Å². The van der Waals surface area contributed by atoms with Gasteiger partial charge in [-0.2, -0.15) is 0 Å². The van der Waals surface area contributed by atoms with Crippen molar-refractivity contribution in [1.29, 1.82) is 0 Å². The van der Waals surface area contributed by atoms with Gasteiger partial charge >= 0.3 is 0 Å². The minimum Gasteiger partial charge on any atom is -0.775 e. The van der Waals surface area contributed by atoms with Crippen molar-refractivity contribution in [1.82, 2.24) is 0 Å². The van der Waals surface area contributed by atoms with Crippen LogP contribution in [0.2, 0.25) is 0 Å². The van der Waals surface area contributed by atoms with Gasteiger partial charge in [0.2, 0.25) is 0 Å². The number of furan rings is 2. The van der Waals surface area contributed by atoms with E-state index >= 15 is 0 Å². The van der Waals surface area contributed by atoms with Crippen LogP contribution in [0.15, 0.2) is 67.2 Å². The standard InChI is InChI=1S/C16H10O2S2/c19-15-9-5-1-3-7-11(9)17-13(15)14-16(20)10-6-2-4-8-12(10)18-14/h1-8,19-20H/p-2. The van der Waals surface area contributed by atoms with E-state index < -0.39 is 0 Å². The highest BCUT2D eigenvalue weighted by atomic mass is 32.1. The molecule has 0 fully saturated rings. The Kier molecular flexibility index (Phi) is 2.49. The maximum Gasteiger partial charge on any atom is 0.150 e. The van der Waals surface area contributed by atoms with Crippen molar-refractivity contribution in [2.24, 2.45) is 0 Å². The summed E-state index contributed by atoms with van der Waals surface area (Å²) in [6.07, 6.45) is 0. The van der Waals surface area contributed by atoms with Crippen molar-refractivity contribution in [2.45, 2.75) is 9.79 Å². The number of fused-ring (bicyclic) bond motifs is 2. The van der Waals surface area contributed by atoms with Crippen molar-refractivity contribution < 1.29 is 8.83 Å². The molecule has 98 valence electrons. The molecule has 0 aliphatic rings. The van der Waals surface area contributed by atoms with E-state index in [1.54, 1.807) is 0 Å². The van der Waals surface area contributed by atoms with E-state index in [1.807, 2.05) is 48.5 Å². The largest absolute Gasteiger partial charge is 0.775 e. The predicted octanol–water partition coefficient (Wildman–Crippen LogP) is 4.66. The second-order valence-corrected chi connectivity index (χ2v) is 5.33. The molecule has 2 aromatic carbocycles. The highest BCUT2D eigenvalue weighted by Crippen LogP contribution is 2.39. The second kappa shape index (κ2) is 4.23. The molecule has 4 rings (SSSR count). The van der Waals surface area contributed by atoms with Crippen LogP contribution in [0.5, 0.6) is 0 Å². The molecule has 0 amide bonds. The van der Waals surface area contributed by atoms with Crippen molar-refractivity contribution in [2.75, 3.05) is 0 Å². The van der Waals surface area contributed by atoms with E-state index in [0.29, 0.717) is 21.3 Å². The Morgan fingerprint density at radius 1 is 0.600 bits per heavy atom. The number of hydrogen-bond acceptors (Lipinski definition) is 4. The lowest BCUT2D eigenvalue weighted by Gasteiger charge is -2.08. The Hall–Kier alpha value is -2.04. The molecule has 2 nitrogen and oxygen atoms in total. The Morgan fingerprint density at radius 3 is 1.40 bits per heavy atom. The smallest absolute Gasteiger partial charge is 0.150 e. The fourth-order valence-electron chi connectivity index (χ4n) is 2.34. The van der Waals surface area contributed by atoms with Gasteiger partial charge in [-0.25, -0.2) is 0 Å². The van der Waals surface area contributed by atoms with Crippen LogP contribution in [0.1, 0.15) is 0 Å². The van der Waals surface area contributed by atoms with Crippen molar-refractivity contribution in [3.05, 3.63) is 48.5 Å². The summed E-state index contributed by atoms with van der Waals surface area (Å²) < 4.78 is 11.7. The summed E-state index contributed by atoms with van der Waals surface area (Å²) in [6.45, 7) is 0. The maximum atomic E-state index is 5.83. The van der Waals surface area contributed by atoms with Crippen LogP contribution in [0, 0.1) is 0 Å². The van der Waals surface area contributed by atoms with Crippen molar-refractivity contribution in [3.63, 3.8) is 0 Å². The molecule has 2 aromatic heterocycles. The molecule has 0 aliphatic carbocycles. The van der Waals surface area contributed by atoms with Crippen LogP contribution in [-0.2, 0) is 25.3 Å². The zero-order chi connectivity index (χ0) is 13.7. The fourth-order valence-corrected chi connectivity index (χ4v) is 2.95. The molecule has 0 spiro atoms. The molecule has 0 N–H and O–H groups in total. The zero-order valence-corrected chi connectivity index (χ0v) is 11.9. The first-order chi connectivity index (χ1) is 9.75. The monoisotopic (exact) mass is 296 g/mol. The number of para-hydroxylation sites is 2. The number of benzene rings is 2. The van der Waals surface area contributed by atoms with Gasteiger partial charge in [-0.1, -0.05) is 36.4 Å². The minimum absolute atomic E-state index is 0.544. The third-order valence-corrected chi connectivity index (χ3v) is 4.12. The highest BCUT2D eigenvalue weighted by Gasteiger charge is 2.13. The summed E-state index contributed by atoms with van der Waals surface area (Å²) in [5.74, 6) is 1.09. The van der Waals surface area contributed by atoms with Gasteiger partial charge < -0.3 is 34.1 Å². The molecule has 0 saturated heterocycles.